The molecule has 0 amide bonds. The van der Waals surface area contributed by atoms with Crippen molar-refractivity contribution in [3.63, 3.8) is 0 Å². The molecule has 0 aromatic heterocycles. The fraction of sp³-hybridized carbons (Fsp3) is 0.769. The largest absolute Gasteiger partial charge is 0.469 e. The maximum Gasteiger partial charge on any atom is 0.313 e. The quantitative estimate of drug-likeness (QED) is 0.511. The van der Waals surface area contributed by atoms with E-state index >= 15 is 0 Å². The summed E-state index contributed by atoms with van der Waals surface area (Å²) in [5, 5.41) is 0. The van der Waals surface area contributed by atoms with Crippen molar-refractivity contribution in [1.29, 1.82) is 0 Å². The molecule has 1 fully saturated rings. The number of Topliss-reactive ketones (excluding diaryl/α,β-unsaturated/α-hetero) is 1. The highest BCUT2D eigenvalue weighted by molar-refractivity contribution is 5.95. The molecule has 1 aliphatic carbocycles. The number of hydrogen-bond acceptors (Lipinski definition) is 5. The van der Waals surface area contributed by atoms with Gasteiger partial charge in [-0.3, -0.25) is 14.4 Å². The molecule has 0 atom stereocenters. The number of carbonyl (C=O) groups excluding carboxylic acids is 3. The van der Waals surface area contributed by atoms with E-state index in [0.29, 0.717) is 13.0 Å². The van der Waals surface area contributed by atoms with E-state index in [1.807, 2.05) is 0 Å². The first-order chi connectivity index (χ1) is 8.54. The van der Waals surface area contributed by atoms with Gasteiger partial charge in [-0.1, -0.05) is 6.42 Å². The summed E-state index contributed by atoms with van der Waals surface area (Å²) in [6, 6.07) is 0. The highest BCUT2D eigenvalue weighted by Crippen LogP contribution is 2.46. The molecule has 0 spiro atoms. The maximum atomic E-state index is 11.8. The van der Waals surface area contributed by atoms with Crippen LogP contribution >= 0.6 is 0 Å². The van der Waals surface area contributed by atoms with Crippen LogP contribution in [-0.2, 0) is 23.9 Å². The van der Waals surface area contributed by atoms with E-state index in [9.17, 15) is 14.4 Å². The molecule has 1 rings (SSSR count). The normalized spacial score (nSPS) is 16.6. The molecular weight excluding hydrogens is 236 g/mol. The van der Waals surface area contributed by atoms with Crippen LogP contribution in [-0.4, -0.2) is 31.4 Å². The molecule has 0 N–H and O–H groups in total. The summed E-state index contributed by atoms with van der Waals surface area (Å²) in [7, 11) is 1.25. The van der Waals surface area contributed by atoms with Crippen molar-refractivity contribution in [1.82, 2.24) is 0 Å². The van der Waals surface area contributed by atoms with Crippen LogP contribution in [0.4, 0.5) is 0 Å². The van der Waals surface area contributed by atoms with Gasteiger partial charge in [-0.15, -0.1) is 0 Å². The molecule has 102 valence electrons. The summed E-state index contributed by atoms with van der Waals surface area (Å²) in [5.74, 6) is -0.918. The topological polar surface area (TPSA) is 69.7 Å². The Morgan fingerprint density at radius 3 is 2.33 bits per heavy atom. The van der Waals surface area contributed by atoms with E-state index in [0.717, 1.165) is 19.3 Å². The van der Waals surface area contributed by atoms with Gasteiger partial charge in [0.15, 0.2) is 0 Å². The molecule has 0 saturated heterocycles. The second-order valence-electron chi connectivity index (χ2n) is 4.65. The maximum absolute atomic E-state index is 11.8. The lowest BCUT2D eigenvalue weighted by molar-refractivity contribution is -0.162. The van der Waals surface area contributed by atoms with Crippen LogP contribution < -0.4 is 0 Å². The molecule has 0 radical (unpaired) electrons. The van der Waals surface area contributed by atoms with Crippen LogP contribution in [0.3, 0.4) is 0 Å². The second kappa shape index (κ2) is 6.52. The predicted molar refractivity (Wildman–Crippen MR) is 63.8 cm³/mol. The average Bonchev–Trinajstić information content (AvgIpc) is 2.27. The standard InChI is InChI=1S/C13H20O5/c1-3-18-12(16)13(6-4-7-13)8-5-10(14)9-11(15)17-2/h3-9H2,1-2H3. The minimum absolute atomic E-state index is 0.183. The fourth-order valence-electron chi connectivity index (χ4n) is 2.14. The van der Waals surface area contributed by atoms with Crippen molar-refractivity contribution in [2.24, 2.45) is 5.41 Å². The lowest BCUT2D eigenvalue weighted by Crippen LogP contribution is -2.39. The Morgan fingerprint density at radius 1 is 1.22 bits per heavy atom. The summed E-state index contributed by atoms with van der Waals surface area (Å²) in [4.78, 5) is 34.3. The molecular formula is C13H20O5. The van der Waals surface area contributed by atoms with Crippen molar-refractivity contribution >= 4 is 17.7 Å². The Hall–Kier alpha value is -1.39. The average molecular weight is 256 g/mol. The predicted octanol–water partition coefficient (Wildman–Crippen LogP) is 1.63. The summed E-state index contributed by atoms with van der Waals surface area (Å²) in [6.07, 6.45) is 3.03. The molecule has 18 heavy (non-hydrogen) atoms. The third-order valence-corrected chi connectivity index (χ3v) is 3.47. The molecule has 0 aromatic carbocycles. The van der Waals surface area contributed by atoms with Gasteiger partial charge in [0.1, 0.15) is 12.2 Å². The molecule has 1 saturated carbocycles. The third-order valence-electron chi connectivity index (χ3n) is 3.47. The molecule has 5 heteroatoms. The van der Waals surface area contributed by atoms with Gasteiger partial charge in [-0.25, -0.2) is 0 Å². The highest BCUT2D eigenvalue weighted by atomic mass is 16.5. The summed E-state index contributed by atoms with van der Waals surface area (Å²) in [6.45, 7) is 2.13. The smallest absolute Gasteiger partial charge is 0.313 e. The lowest BCUT2D eigenvalue weighted by Gasteiger charge is -2.39. The van der Waals surface area contributed by atoms with Crippen molar-refractivity contribution < 1.29 is 23.9 Å². The van der Waals surface area contributed by atoms with Gasteiger partial charge < -0.3 is 9.47 Å². The van der Waals surface area contributed by atoms with Crippen molar-refractivity contribution in [2.45, 2.75) is 45.4 Å². The SMILES string of the molecule is CCOC(=O)C1(CCC(=O)CC(=O)OC)CCC1. The summed E-state index contributed by atoms with van der Waals surface area (Å²) in [5.41, 5.74) is -0.484. The van der Waals surface area contributed by atoms with E-state index in [2.05, 4.69) is 4.74 Å². The van der Waals surface area contributed by atoms with E-state index in [1.165, 1.54) is 7.11 Å². The molecule has 5 nitrogen and oxygen atoms in total. The van der Waals surface area contributed by atoms with Crippen LogP contribution in [0.5, 0.6) is 0 Å². The van der Waals surface area contributed by atoms with Gasteiger partial charge in [0.25, 0.3) is 0 Å². The van der Waals surface area contributed by atoms with E-state index in [-0.39, 0.29) is 24.6 Å². The zero-order chi connectivity index (χ0) is 13.6. The van der Waals surface area contributed by atoms with Crippen molar-refractivity contribution in [3.8, 4) is 0 Å². The molecule has 1 aliphatic rings. The van der Waals surface area contributed by atoms with Gasteiger partial charge in [0.05, 0.1) is 19.1 Å². The minimum Gasteiger partial charge on any atom is -0.469 e. The monoisotopic (exact) mass is 256 g/mol. The van der Waals surface area contributed by atoms with Crippen LogP contribution in [0.2, 0.25) is 0 Å². The van der Waals surface area contributed by atoms with Crippen LogP contribution in [0.1, 0.15) is 45.4 Å². The van der Waals surface area contributed by atoms with Gasteiger partial charge in [-0.05, 0) is 26.2 Å². The number of ketones is 1. The molecule has 0 aromatic rings. The Balaban J connectivity index is 2.42. The minimum atomic E-state index is -0.529. The van der Waals surface area contributed by atoms with Gasteiger partial charge >= 0.3 is 11.9 Å². The zero-order valence-corrected chi connectivity index (χ0v) is 11.0. The Morgan fingerprint density at radius 2 is 1.89 bits per heavy atom. The first kappa shape index (κ1) is 14.7. The number of methoxy groups -OCH3 is 1. The van der Waals surface area contributed by atoms with Crippen molar-refractivity contribution in [2.75, 3.05) is 13.7 Å². The first-order valence-corrected chi connectivity index (χ1v) is 6.30. The van der Waals surface area contributed by atoms with Crippen LogP contribution in [0, 0.1) is 5.41 Å². The summed E-state index contributed by atoms with van der Waals surface area (Å²) < 4.78 is 9.47. The fourth-order valence-corrected chi connectivity index (χ4v) is 2.14. The molecule has 0 bridgehead atoms. The number of rotatable bonds is 7. The van der Waals surface area contributed by atoms with E-state index in [1.54, 1.807) is 6.92 Å². The van der Waals surface area contributed by atoms with Gasteiger partial charge in [0, 0.05) is 6.42 Å². The Bertz CT molecular complexity index is 330. The highest BCUT2D eigenvalue weighted by Gasteiger charge is 2.45. The van der Waals surface area contributed by atoms with E-state index in [4.69, 9.17) is 4.74 Å². The Labute approximate surface area is 107 Å². The molecule has 0 unspecified atom stereocenters. The first-order valence-electron chi connectivity index (χ1n) is 6.30. The van der Waals surface area contributed by atoms with Gasteiger partial charge in [-0.2, -0.15) is 0 Å². The third kappa shape index (κ3) is 3.55. The number of ether oxygens (including phenoxy) is 2. The molecule has 0 heterocycles. The number of carbonyl (C=O) groups is 3. The zero-order valence-electron chi connectivity index (χ0n) is 11.0. The lowest BCUT2D eigenvalue weighted by atomic mass is 9.66. The number of esters is 2. The molecule has 0 aliphatic heterocycles. The Kier molecular flexibility index (Phi) is 5.31. The van der Waals surface area contributed by atoms with Gasteiger partial charge in [0.2, 0.25) is 0 Å². The van der Waals surface area contributed by atoms with Crippen molar-refractivity contribution in [3.05, 3.63) is 0 Å². The second-order valence-corrected chi connectivity index (χ2v) is 4.65. The van der Waals surface area contributed by atoms with E-state index < -0.39 is 11.4 Å². The summed E-state index contributed by atoms with van der Waals surface area (Å²) >= 11 is 0. The van der Waals surface area contributed by atoms with Crippen LogP contribution in [0.25, 0.3) is 0 Å². The van der Waals surface area contributed by atoms with Crippen LogP contribution in [0.15, 0.2) is 0 Å². The number of hydrogen-bond donors (Lipinski definition) is 0.